The maximum Gasteiger partial charge on any atom is 0.204 e. The third-order valence-corrected chi connectivity index (χ3v) is 5.24. The van der Waals surface area contributed by atoms with Gasteiger partial charge in [-0.3, -0.25) is 4.79 Å². The van der Waals surface area contributed by atoms with Gasteiger partial charge >= 0.3 is 0 Å². The predicted octanol–water partition coefficient (Wildman–Crippen LogP) is 5.57. The molecule has 2 nitrogen and oxygen atoms in total. The van der Waals surface area contributed by atoms with Crippen molar-refractivity contribution < 1.29 is 9.53 Å². The Kier molecular flexibility index (Phi) is 7.41. The zero-order valence-corrected chi connectivity index (χ0v) is 17.8. The number of hydrogen-bond acceptors (Lipinski definition) is 2. The summed E-state index contributed by atoms with van der Waals surface area (Å²) in [5, 5.41) is 1.10. The van der Waals surface area contributed by atoms with E-state index in [1.54, 1.807) is 0 Å². The third kappa shape index (κ3) is 5.17. The van der Waals surface area contributed by atoms with Crippen molar-refractivity contribution in [3.8, 4) is 5.75 Å². The lowest BCUT2D eigenvalue weighted by atomic mass is 9.88. The highest BCUT2D eigenvalue weighted by Gasteiger charge is 2.30. The van der Waals surface area contributed by atoms with Crippen molar-refractivity contribution in [3.63, 3.8) is 0 Å². The van der Waals surface area contributed by atoms with Gasteiger partial charge in [-0.15, -0.1) is 9.24 Å². The largest absolute Gasteiger partial charge is 0.482 e. The molecule has 0 spiro atoms. The SMILES string of the molecule is CCCCC(C)C(Oc1ccc(P)cc1)C(=O)c1c(C)cc(C)cc1C. The summed E-state index contributed by atoms with van der Waals surface area (Å²) in [5.74, 6) is 1.01. The Morgan fingerprint density at radius 2 is 1.65 bits per heavy atom. The molecule has 0 saturated carbocycles. The average molecular weight is 370 g/mol. The maximum absolute atomic E-state index is 13.4. The van der Waals surface area contributed by atoms with Crippen LogP contribution < -0.4 is 10.0 Å². The number of ether oxygens (including phenoxy) is 1. The molecule has 0 heterocycles. The Hall–Kier alpha value is -1.66. The van der Waals surface area contributed by atoms with Gasteiger partial charge in [0, 0.05) is 11.5 Å². The molecular formula is C23H31O2P. The predicted molar refractivity (Wildman–Crippen MR) is 114 cm³/mol. The first-order valence-corrected chi connectivity index (χ1v) is 10.1. The second-order valence-corrected chi connectivity index (χ2v) is 8.03. The van der Waals surface area contributed by atoms with Gasteiger partial charge in [-0.05, 0) is 55.8 Å². The van der Waals surface area contributed by atoms with E-state index in [4.69, 9.17) is 4.74 Å². The summed E-state index contributed by atoms with van der Waals surface area (Å²) in [4.78, 5) is 13.4. The van der Waals surface area contributed by atoms with Gasteiger partial charge in [0.25, 0.3) is 0 Å². The third-order valence-electron chi connectivity index (χ3n) is 4.85. The van der Waals surface area contributed by atoms with Crippen LogP contribution in [0.1, 0.15) is 60.2 Å². The van der Waals surface area contributed by atoms with Crippen LogP contribution in [0, 0.1) is 26.7 Å². The summed E-state index contributed by atoms with van der Waals surface area (Å²) in [6, 6.07) is 12.0. The molecule has 3 atom stereocenters. The van der Waals surface area contributed by atoms with Crippen molar-refractivity contribution >= 4 is 20.3 Å². The monoisotopic (exact) mass is 370 g/mol. The number of unbranched alkanes of at least 4 members (excludes halogenated alkanes) is 1. The van der Waals surface area contributed by atoms with Crippen molar-refractivity contribution in [2.24, 2.45) is 5.92 Å². The number of aryl methyl sites for hydroxylation is 3. The van der Waals surface area contributed by atoms with Crippen LogP contribution in [0.15, 0.2) is 36.4 Å². The Balaban J connectivity index is 2.36. The second-order valence-electron chi connectivity index (χ2n) is 7.36. The summed E-state index contributed by atoms with van der Waals surface area (Å²) in [6.07, 6.45) is 2.75. The molecule has 0 aliphatic heterocycles. The van der Waals surface area contributed by atoms with Crippen LogP contribution in [0.2, 0.25) is 0 Å². The van der Waals surface area contributed by atoms with Crippen LogP contribution in [0.5, 0.6) is 5.75 Å². The molecule has 0 saturated heterocycles. The molecule has 26 heavy (non-hydrogen) atoms. The lowest BCUT2D eigenvalue weighted by Crippen LogP contribution is -2.35. The zero-order chi connectivity index (χ0) is 19.3. The topological polar surface area (TPSA) is 26.3 Å². The highest BCUT2D eigenvalue weighted by atomic mass is 31.0. The van der Waals surface area contributed by atoms with Gasteiger partial charge < -0.3 is 4.74 Å². The molecule has 0 aromatic heterocycles. The van der Waals surface area contributed by atoms with E-state index in [0.717, 1.165) is 47.0 Å². The fourth-order valence-corrected chi connectivity index (χ4v) is 3.70. The number of rotatable bonds is 8. The Morgan fingerprint density at radius 3 is 2.19 bits per heavy atom. The maximum atomic E-state index is 13.4. The molecule has 140 valence electrons. The second kappa shape index (κ2) is 9.33. The van der Waals surface area contributed by atoms with Crippen LogP contribution >= 0.6 is 9.24 Å². The summed E-state index contributed by atoms with van der Waals surface area (Å²) < 4.78 is 6.23. The Morgan fingerprint density at radius 1 is 1.08 bits per heavy atom. The Bertz CT molecular complexity index is 726. The van der Waals surface area contributed by atoms with E-state index in [0.29, 0.717) is 0 Å². The van der Waals surface area contributed by atoms with Crippen LogP contribution in [0.3, 0.4) is 0 Å². The lowest BCUT2D eigenvalue weighted by Gasteiger charge is -2.26. The summed E-state index contributed by atoms with van der Waals surface area (Å²) in [5.41, 5.74) is 4.06. The minimum absolute atomic E-state index is 0.0959. The van der Waals surface area contributed by atoms with Crippen LogP contribution in [-0.2, 0) is 0 Å². The first kappa shape index (κ1) is 20.6. The van der Waals surface area contributed by atoms with E-state index in [1.807, 2.05) is 38.1 Å². The zero-order valence-electron chi connectivity index (χ0n) is 16.6. The lowest BCUT2D eigenvalue weighted by molar-refractivity contribution is 0.0680. The van der Waals surface area contributed by atoms with E-state index in [2.05, 4.69) is 42.1 Å². The number of carbonyl (C=O) groups is 1. The molecule has 2 rings (SSSR count). The van der Waals surface area contributed by atoms with E-state index in [1.165, 1.54) is 5.56 Å². The summed E-state index contributed by atoms with van der Waals surface area (Å²) in [6.45, 7) is 10.4. The van der Waals surface area contributed by atoms with Gasteiger partial charge in [0.1, 0.15) is 5.75 Å². The van der Waals surface area contributed by atoms with Crippen molar-refractivity contribution in [1.29, 1.82) is 0 Å². The Labute approximate surface area is 160 Å². The van der Waals surface area contributed by atoms with E-state index < -0.39 is 6.10 Å². The van der Waals surface area contributed by atoms with E-state index in [9.17, 15) is 4.79 Å². The van der Waals surface area contributed by atoms with Crippen LogP contribution in [-0.4, -0.2) is 11.9 Å². The smallest absolute Gasteiger partial charge is 0.204 e. The van der Waals surface area contributed by atoms with Crippen molar-refractivity contribution in [1.82, 2.24) is 0 Å². The van der Waals surface area contributed by atoms with Crippen LogP contribution in [0.25, 0.3) is 0 Å². The van der Waals surface area contributed by atoms with Gasteiger partial charge in [0.2, 0.25) is 5.78 Å². The van der Waals surface area contributed by atoms with Gasteiger partial charge in [-0.25, -0.2) is 0 Å². The summed E-state index contributed by atoms with van der Waals surface area (Å²) in [7, 11) is 2.67. The highest BCUT2D eigenvalue weighted by Crippen LogP contribution is 2.26. The number of carbonyl (C=O) groups excluding carboxylic acids is 1. The molecular weight excluding hydrogens is 339 g/mol. The molecule has 0 aliphatic rings. The van der Waals surface area contributed by atoms with Crippen molar-refractivity contribution in [3.05, 3.63) is 58.7 Å². The molecule has 0 bridgehead atoms. The normalized spacial score (nSPS) is 13.3. The quantitative estimate of drug-likeness (QED) is 0.449. The number of hydrogen-bond donors (Lipinski definition) is 0. The molecule has 0 fully saturated rings. The number of ketones is 1. The molecule has 0 radical (unpaired) electrons. The van der Waals surface area contributed by atoms with Crippen LogP contribution in [0.4, 0.5) is 0 Å². The van der Waals surface area contributed by atoms with Gasteiger partial charge in [0.15, 0.2) is 6.10 Å². The summed E-state index contributed by atoms with van der Waals surface area (Å²) >= 11 is 0. The molecule has 0 amide bonds. The minimum Gasteiger partial charge on any atom is -0.482 e. The fourth-order valence-electron chi connectivity index (χ4n) is 3.51. The first-order valence-electron chi connectivity index (χ1n) is 9.47. The molecule has 3 heteroatoms. The van der Waals surface area contributed by atoms with Gasteiger partial charge in [0.05, 0.1) is 0 Å². The van der Waals surface area contributed by atoms with E-state index in [-0.39, 0.29) is 11.7 Å². The first-order chi connectivity index (χ1) is 12.3. The number of Topliss-reactive ketones (excluding diaryl/α,β-unsaturated/α-hetero) is 1. The standard InChI is InChI=1S/C23H31O2P/c1-6-7-8-16(3)23(25-19-9-11-20(26)12-10-19)22(24)21-17(4)13-15(2)14-18(21)5/h9-14,16,23H,6-8,26H2,1-5H3. The minimum atomic E-state index is -0.461. The molecule has 0 aliphatic carbocycles. The van der Waals surface area contributed by atoms with E-state index >= 15 is 0 Å². The van der Waals surface area contributed by atoms with Crippen molar-refractivity contribution in [2.75, 3.05) is 0 Å². The number of benzene rings is 2. The van der Waals surface area contributed by atoms with Gasteiger partial charge in [-0.2, -0.15) is 0 Å². The average Bonchev–Trinajstić information content (AvgIpc) is 2.58. The fraction of sp³-hybridized carbons (Fsp3) is 0.435. The molecule has 3 unspecified atom stereocenters. The molecule has 2 aromatic rings. The highest BCUT2D eigenvalue weighted by molar-refractivity contribution is 7.27. The van der Waals surface area contributed by atoms with Crippen molar-refractivity contribution in [2.45, 2.75) is 60.0 Å². The molecule has 0 N–H and O–H groups in total. The van der Waals surface area contributed by atoms with Gasteiger partial charge in [-0.1, -0.05) is 56.5 Å². The molecule has 2 aromatic carbocycles.